The lowest BCUT2D eigenvalue weighted by Gasteiger charge is -2.18. The van der Waals surface area contributed by atoms with Crippen molar-refractivity contribution in [1.82, 2.24) is 4.98 Å². The summed E-state index contributed by atoms with van der Waals surface area (Å²) in [5.41, 5.74) is 10.2. The molecule has 2 aliphatic rings. The van der Waals surface area contributed by atoms with Crippen molar-refractivity contribution in [3.63, 3.8) is 0 Å². The van der Waals surface area contributed by atoms with E-state index in [1.165, 1.54) is 72.0 Å². The minimum absolute atomic E-state index is 0.964. The number of allylic oxidation sites excluding steroid dienone is 1. The molecule has 124 valence electrons. The van der Waals surface area contributed by atoms with Crippen LogP contribution in [0.3, 0.4) is 0 Å². The molecule has 1 aromatic heterocycles. The Bertz CT molecular complexity index is 794. The number of rotatable bonds is 3. The Morgan fingerprint density at radius 1 is 0.958 bits per heavy atom. The Labute approximate surface area is 144 Å². The van der Waals surface area contributed by atoms with E-state index in [1.54, 1.807) is 0 Å². The number of aromatic amines is 1. The van der Waals surface area contributed by atoms with Gasteiger partial charge in [-0.25, -0.2) is 0 Å². The number of anilines is 1. The molecule has 4 rings (SSSR count). The molecule has 0 fully saturated rings. The maximum Gasteiger partial charge on any atom is 0.0406 e. The van der Waals surface area contributed by atoms with Crippen LogP contribution in [0.15, 0.2) is 37.6 Å². The molecule has 0 spiro atoms. The van der Waals surface area contributed by atoms with E-state index in [0.717, 1.165) is 24.2 Å². The first kappa shape index (κ1) is 15.3. The molecular weight excluding hydrogens is 292 g/mol. The monoisotopic (exact) mass is 318 g/mol. The van der Waals surface area contributed by atoms with Gasteiger partial charge in [0.05, 0.1) is 0 Å². The number of nitrogens with one attached hydrogen (secondary N) is 2. The van der Waals surface area contributed by atoms with Crippen LogP contribution in [-0.4, -0.2) is 4.98 Å². The molecule has 2 aliphatic carbocycles. The third-order valence-corrected chi connectivity index (χ3v) is 5.44. The number of hydrogen-bond acceptors (Lipinski definition) is 1. The van der Waals surface area contributed by atoms with Crippen molar-refractivity contribution >= 4 is 17.0 Å². The summed E-state index contributed by atoms with van der Waals surface area (Å²) in [6, 6.07) is 6.77. The summed E-state index contributed by atoms with van der Waals surface area (Å²) in [7, 11) is 0. The number of fused-ring (bicyclic) bond motifs is 2. The Kier molecular flexibility index (Phi) is 4.05. The molecular formula is C22H26N2. The molecule has 0 aliphatic heterocycles. The summed E-state index contributed by atoms with van der Waals surface area (Å²) in [6.07, 6.45) is 11.8. The second kappa shape index (κ2) is 6.35. The zero-order chi connectivity index (χ0) is 16.5. The van der Waals surface area contributed by atoms with E-state index in [4.69, 9.17) is 0 Å². The highest BCUT2D eigenvalue weighted by atomic mass is 14.9. The standard InChI is InChI=1S/C22H26N2/c1-15-7-3-6-10-21-22(15)20(14-23-21)16(2)24-19-12-11-17-8-4-5-9-18(17)13-19/h11-14,23-24H,1-10H2. The van der Waals surface area contributed by atoms with E-state index in [0.29, 0.717) is 0 Å². The molecule has 2 N–H and O–H groups in total. The average molecular weight is 318 g/mol. The molecule has 2 aromatic rings. The summed E-state index contributed by atoms with van der Waals surface area (Å²) in [4.78, 5) is 3.45. The zero-order valence-electron chi connectivity index (χ0n) is 14.4. The highest BCUT2D eigenvalue weighted by Crippen LogP contribution is 2.34. The molecule has 0 amide bonds. The topological polar surface area (TPSA) is 27.8 Å². The van der Waals surface area contributed by atoms with Crippen molar-refractivity contribution in [3.8, 4) is 0 Å². The molecule has 0 saturated heterocycles. The Hall–Kier alpha value is -2.22. The summed E-state index contributed by atoms with van der Waals surface area (Å²) >= 11 is 0. The number of benzene rings is 1. The fraction of sp³-hybridized carbons (Fsp3) is 0.364. The molecule has 2 nitrogen and oxygen atoms in total. The normalized spacial score (nSPS) is 16.9. The van der Waals surface area contributed by atoms with Gasteiger partial charge in [0.25, 0.3) is 0 Å². The van der Waals surface area contributed by atoms with Crippen molar-refractivity contribution in [1.29, 1.82) is 0 Å². The van der Waals surface area contributed by atoms with Crippen LogP contribution >= 0.6 is 0 Å². The summed E-state index contributed by atoms with van der Waals surface area (Å²) in [5.74, 6) is 0. The number of hydrogen-bond donors (Lipinski definition) is 2. The second-order valence-electron chi connectivity index (χ2n) is 7.16. The lowest BCUT2D eigenvalue weighted by Crippen LogP contribution is -2.05. The van der Waals surface area contributed by atoms with Gasteiger partial charge in [0.1, 0.15) is 0 Å². The van der Waals surface area contributed by atoms with Crippen molar-refractivity contribution in [2.45, 2.75) is 51.4 Å². The van der Waals surface area contributed by atoms with Gasteiger partial charge in [-0.1, -0.05) is 19.2 Å². The zero-order valence-corrected chi connectivity index (χ0v) is 14.4. The highest BCUT2D eigenvalue weighted by Gasteiger charge is 2.19. The van der Waals surface area contributed by atoms with Crippen molar-refractivity contribution in [2.75, 3.05) is 5.32 Å². The summed E-state index contributed by atoms with van der Waals surface area (Å²) in [5, 5.41) is 3.53. The van der Waals surface area contributed by atoms with Gasteiger partial charge < -0.3 is 10.3 Å². The third kappa shape index (κ3) is 2.82. The van der Waals surface area contributed by atoms with Crippen molar-refractivity contribution in [2.24, 2.45) is 0 Å². The minimum Gasteiger partial charge on any atom is -0.364 e. The molecule has 2 heteroatoms. The number of aromatic nitrogens is 1. The van der Waals surface area contributed by atoms with Crippen LogP contribution < -0.4 is 5.32 Å². The van der Waals surface area contributed by atoms with Gasteiger partial charge in [-0.2, -0.15) is 0 Å². The second-order valence-corrected chi connectivity index (χ2v) is 7.16. The Morgan fingerprint density at radius 2 is 1.71 bits per heavy atom. The van der Waals surface area contributed by atoms with Crippen LogP contribution in [0.2, 0.25) is 0 Å². The largest absolute Gasteiger partial charge is 0.364 e. The molecule has 0 unspecified atom stereocenters. The Morgan fingerprint density at radius 3 is 2.58 bits per heavy atom. The maximum atomic E-state index is 4.31. The predicted octanol–water partition coefficient (Wildman–Crippen LogP) is 5.72. The van der Waals surface area contributed by atoms with E-state index in [1.807, 2.05) is 0 Å². The summed E-state index contributed by atoms with van der Waals surface area (Å²) < 4.78 is 0. The quantitative estimate of drug-likeness (QED) is 0.696. The van der Waals surface area contributed by atoms with E-state index >= 15 is 0 Å². The van der Waals surface area contributed by atoms with E-state index in [9.17, 15) is 0 Å². The van der Waals surface area contributed by atoms with Gasteiger partial charge in [0, 0.05) is 34.4 Å². The predicted molar refractivity (Wildman–Crippen MR) is 103 cm³/mol. The van der Waals surface area contributed by atoms with Crippen LogP contribution in [0.4, 0.5) is 5.69 Å². The highest BCUT2D eigenvalue weighted by molar-refractivity contribution is 5.84. The van der Waals surface area contributed by atoms with E-state index in [-0.39, 0.29) is 0 Å². The molecule has 1 aromatic carbocycles. The van der Waals surface area contributed by atoms with Gasteiger partial charge >= 0.3 is 0 Å². The Balaban J connectivity index is 1.59. The summed E-state index contributed by atoms with van der Waals surface area (Å²) in [6.45, 7) is 8.61. The molecule has 0 atom stereocenters. The first-order valence-electron chi connectivity index (χ1n) is 9.19. The van der Waals surface area contributed by atoms with E-state index in [2.05, 4.69) is 47.9 Å². The SMILES string of the molecule is C=C(Nc1ccc2c(c1)CCCC2)c1c[nH]c2c1C(=C)CCCC2. The lowest BCUT2D eigenvalue weighted by molar-refractivity contribution is 0.686. The maximum absolute atomic E-state index is 4.31. The van der Waals surface area contributed by atoms with Crippen molar-refractivity contribution in [3.05, 3.63) is 65.5 Å². The molecule has 0 bridgehead atoms. The van der Waals surface area contributed by atoms with Gasteiger partial charge in [0.15, 0.2) is 0 Å². The fourth-order valence-electron chi connectivity index (χ4n) is 4.12. The van der Waals surface area contributed by atoms with Gasteiger partial charge in [-0.15, -0.1) is 0 Å². The molecule has 1 heterocycles. The van der Waals surface area contributed by atoms with Crippen LogP contribution in [0.25, 0.3) is 11.3 Å². The van der Waals surface area contributed by atoms with Gasteiger partial charge in [0.2, 0.25) is 0 Å². The van der Waals surface area contributed by atoms with Gasteiger partial charge in [-0.05, 0) is 80.2 Å². The van der Waals surface area contributed by atoms with Crippen LogP contribution in [0.5, 0.6) is 0 Å². The number of H-pyrrole nitrogens is 1. The van der Waals surface area contributed by atoms with Crippen LogP contribution in [0, 0.1) is 0 Å². The van der Waals surface area contributed by atoms with Crippen molar-refractivity contribution < 1.29 is 0 Å². The fourth-order valence-corrected chi connectivity index (χ4v) is 4.12. The number of aryl methyl sites for hydroxylation is 3. The third-order valence-electron chi connectivity index (χ3n) is 5.44. The molecule has 24 heavy (non-hydrogen) atoms. The van der Waals surface area contributed by atoms with Gasteiger partial charge in [-0.3, -0.25) is 0 Å². The lowest BCUT2D eigenvalue weighted by atomic mass is 9.91. The minimum atomic E-state index is 0.964. The first-order valence-corrected chi connectivity index (χ1v) is 9.19. The van der Waals surface area contributed by atoms with E-state index < -0.39 is 0 Å². The molecule has 0 radical (unpaired) electrons. The van der Waals surface area contributed by atoms with Crippen LogP contribution in [0.1, 0.15) is 60.1 Å². The first-order chi connectivity index (χ1) is 11.7. The average Bonchev–Trinajstić information content (AvgIpc) is 2.94. The smallest absolute Gasteiger partial charge is 0.0406 e. The van der Waals surface area contributed by atoms with Crippen LogP contribution in [-0.2, 0) is 19.3 Å². The molecule has 0 saturated carbocycles.